The Bertz CT molecular complexity index is 506. The maximum absolute atomic E-state index is 4.62. The third kappa shape index (κ3) is 2.55. The van der Waals surface area contributed by atoms with Crippen molar-refractivity contribution in [3.05, 3.63) is 36.4 Å². The van der Waals surface area contributed by atoms with Crippen LogP contribution in [0.4, 0.5) is 5.82 Å². The molecule has 1 aromatic heterocycles. The Kier molecular flexibility index (Phi) is 3.18. The zero-order valence-corrected chi connectivity index (χ0v) is 10.5. The summed E-state index contributed by atoms with van der Waals surface area (Å²) in [6, 6.07) is 12.4. The van der Waals surface area contributed by atoms with Crippen molar-refractivity contribution < 1.29 is 0 Å². The van der Waals surface area contributed by atoms with E-state index in [1.807, 2.05) is 12.1 Å². The lowest BCUT2D eigenvalue weighted by Gasteiger charge is -2.10. The number of para-hydroxylation sites is 1. The SMILES string of the molecule is c1ccc2nc(NCC3CCSC3)ccc2c1. The number of rotatable bonds is 3. The van der Waals surface area contributed by atoms with E-state index in [-0.39, 0.29) is 0 Å². The van der Waals surface area contributed by atoms with Crippen molar-refractivity contribution in [3.8, 4) is 0 Å². The van der Waals surface area contributed by atoms with E-state index in [1.54, 1.807) is 0 Å². The van der Waals surface area contributed by atoms with E-state index in [0.717, 1.165) is 23.8 Å². The van der Waals surface area contributed by atoms with Crippen LogP contribution in [0.1, 0.15) is 6.42 Å². The molecule has 2 heterocycles. The highest BCUT2D eigenvalue weighted by Gasteiger charge is 2.14. The van der Waals surface area contributed by atoms with Crippen LogP contribution in [0.3, 0.4) is 0 Å². The number of thioether (sulfide) groups is 1. The molecule has 0 bridgehead atoms. The van der Waals surface area contributed by atoms with E-state index in [9.17, 15) is 0 Å². The number of aromatic nitrogens is 1. The van der Waals surface area contributed by atoms with Crippen LogP contribution in [0.5, 0.6) is 0 Å². The third-order valence-electron chi connectivity index (χ3n) is 3.19. The number of hydrogen-bond acceptors (Lipinski definition) is 3. The predicted molar refractivity (Wildman–Crippen MR) is 75.7 cm³/mol. The van der Waals surface area contributed by atoms with Crippen LogP contribution in [-0.2, 0) is 0 Å². The molecular weight excluding hydrogens is 228 g/mol. The van der Waals surface area contributed by atoms with Crippen molar-refractivity contribution in [2.45, 2.75) is 6.42 Å². The fourth-order valence-electron chi connectivity index (χ4n) is 2.16. The number of pyridine rings is 1. The molecule has 3 heteroatoms. The van der Waals surface area contributed by atoms with Gasteiger partial charge < -0.3 is 5.32 Å². The van der Waals surface area contributed by atoms with E-state index >= 15 is 0 Å². The van der Waals surface area contributed by atoms with Crippen LogP contribution in [-0.4, -0.2) is 23.0 Å². The molecule has 0 amide bonds. The Labute approximate surface area is 106 Å². The smallest absolute Gasteiger partial charge is 0.126 e. The third-order valence-corrected chi connectivity index (χ3v) is 4.43. The van der Waals surface area contributed by atoms with Crippen molar-refractivity contribution in [2.24, 2.45) is 5.92 Å². The molecular formula is C14H16N2S. The van der Waals surface area contributed by atoms with Gasteiger partial charge in [0.2, 0.25) is 0 Å². The molecule has 3 rings (SSSR count). The average Bonchev–Trinajstić information content (AvgIpc) is 2.89. The monoisotopic (exact) mass is 244 g/mol. The van der Waals surface area contributed by atoms with Crippen molar-refractivity contribution in [3.63, 3.8) is 0 Å². The molecule has 17 heavy (non-hydrogen) atoms. The summed E-state index contributed by atoms with van der Waals surface area (Å²) in [5.41, 5.74) is 1.07. The van der Waals surface area contributed by atoms with Crippen LogP contribution in [0.2, 0.25) is 0 Å². The molecule has 1 aliphatic rings. The van der Waals surface area contributed by atoms with E-state index in [0.29, 0.717) is 0 Å². The molecule has 0 spiro atoms. The van der Waals surface area contributed by atoms with E-state index in [1.165, 1.54) is 23.3 Å². The molecule has 2 nitrogen and oxygen atoms in total. The molecule has 1 fully saturated rings. The number of anilines is 1. The molecule has 1 aliphatic heterocycles. The molecule has 1 aromatic carbocycles. The summed E-state index contributed by atoms with van der Waals surface area (Å²) in [6.45, 7) is 1.05. The second-order valence-electron chi connectivity index (χ2n) is 4.50. The van der Waals surface area contributed by atoms with Gasteiger partial charge in [0.25, 0.3) is 0 Å². The zero-order chi connectivity index (χ0) is 11.5. The fourth-order valence-corrected chi connectivity index (χ4v) is 3.44. The summed E-state index contributed by atoms with van der Waals surface area (Å²) in [6.07, 6.45) is 1.34. The number of nitrogens with zero attached hydrogens (tertiary/aromatic N) is 1. The first-order chi connectivity index (χ1) is 8.42. The number of hydrogen-bond donors (Lipinski definition) is 1. The Hall–Kier alpha value is -1.22. The second-order valence-corrected chi connectivity index (χ2v) is 5.65. The van der Waals surface area contributed by atoms with Gasteiger partial charge in [0.15, 0.2) is 0 Å². The first kappa shape index (κ1) is 10.9. The van der Waals surface area contributed by atoms with Gasteiger partial charge in [-0.2, -0.15) is 11.8 Å². The highest BCUT2D eigenvalue weighted by molar-refractivity contribution is 7.99. The quantitative estimate of drug-likeness (QED) is 0.895. The molecule has 88 valence electrons. The Morgan fingerprint density at radius 1 is 1.24 bits per heavy atom. The number of benzene rings is 1. The molecule has 2 aromatic rings. The minimum atomic E-state index is 0.813. The minimum Gasteiger partial charge on any atom is -0.370 e. The number of fused-ring (bicyclic) bond motifs is 1. The lowest BCUT2D eigenvalue weighted by molar-refractivity contribution is 0.631. The second kappa shape index (κ2) is 4.96. The van der Waals surface area contributed by atoms with Crippen LogP contribution < -0.4 is 5.32 Å². The highest BCUT2D eigenvalue weighted by Crippen LogP contribution is 2.23. The van der Waals surface area contributed by atoms with Crippen molar-refractivity contribution >= 4 is 28.5 Å². The largest absolute Gasteiger partial charge is 0.370 e. The van der Waals surface area contributed by atoms with Gasteiger partial charge in [-0.3, -0.25) is 0 Å². The van der Waals surface area contributed by atoms with Gasteiger partial charge in [0, 0.05) is 11.9 Å². The van der Waals surface area contributed by atoms with Crippen molar-refractivity contribution in [2.75, 3.05) is 23.4 Å². The molecule has 0 saturated carbocycles. The summed E-state index contributed by atoms with van der Waals surface area (Å²) in [5.74, 6) is 4.42. The molecule has 0 aliphatic carbocycles. The van der Waals surface area contributed by atoms with Gasteiger partial charge in [0.1, 0.15) is 5.82 Å². The molecule has 0 radical (unpaired) electrons. The van der Waals surface area contributed by atoms with Crippen molar-refractivity contribution in [1.29, 1.82) is 0 Å². The summed E-state index contributed by atoms with van der Waals surface area (Å²) < 4.78 is 0. The zero-order valence-electron chi connectivity index (χ0n) is 9.73. The van der Waals surface area contributed by atoms with Gasteiger partial charge in [0.05, 0.1) is 5.52 Å². The van der Waals surface area contributed by atoms with Gasteiger partial charge in [-0.05, 0) is 42.0 Å². The van der Waals surface area contributed by atoms with E-state index in [4.69, 9.17) is 0 Å². The summed E-state index contributed by atoms with van der Waals surface area (Å²) in [7, 11) is 0. The maximum Gasteiger partial charge on any atom is 0.126 e. The summed E-state index contributed by atoms with van der Waals surface area (Å²) >= 11 is 2.06. The molecule has 1 N–H and O–H groups in total. The fraction of sp³-hybridized carbons (Fsp3) is 0.357. The first-order valence-corrected chi connectivity index (χ1v) is 7.25. The first-order valence-electron chi connectivity index (χ1n) is 6.09. The van der Waals surface area contributed by atoms with Crippen LogP contribution in [0.15, 0.2) is 36.4 Å². The van der Waals surface area contributed by atoms with Crippen LogP contribution in [0.25, 0.3) is 10.9 Å². The average molecular weight is 244 g/mol. The summed E-state index contributed by atoms with van der Waals surface area (Å²) in [4.78, 5) is 4.62. The van der Waals surface area contributed by atoms with Gasteiger partial charge in [-0.25, -0.2) is 4.98 Å². The molecule has 1 atom stereocenters. The van der Waals surface area contributed by atoms with Crippen LogP contribution >= 0.6 is 11.8 Å². The van der Waals surface area contributed by atoms with Gasteiger partial charge >= 0.3 is 0 Å². The molecule has 1 saturated heterocycles. The molecule has 1 unspecified atom stereocenters. The normalized spacial score (nSPS) is 19.6. The lowest BCUT2D eigenvalue weighted by Crippen LogP contribution is -2.14. The Balaban J connectivity index is 1.72. The Morgan fingerprint density at radius 2 is 2.18 bits per heavy atom. The lowest BCUT2D eigenvalue weighted by atomic mass is 10.1. The minimum absolute atomic E-state index is 0.813. The predicted octanol–water partition coefficient (Wildman–Crippen LogP) is 3.40. The Morgan fingerprint density at radius 3 is 3.06 bits per heavy atom. The van der Waals surface area contributed by atoms with Crippen LogP contribution in [0, 0.1) is 5.92 Å². The van der Waals surface area contributed by atoms with Crippen molar-refractivity contribution in [1.82, 2.24) is 4.98 Å². The summed E-state index contributed by atoms with van der Waals surface area (Å²) in [5, 5.41) is 4.66. The van der Waals surface area contributed by atoms with E-state index < -0.39 is 0 Å². The maximum atomic E-state index is 4.62. The number of nitrogens with one attached hydrogen (secondary N) is 1. The van der Waals surface area contributed by atoms with Gasteiger partial charge in [-0.15, -0.1) is 0 Å². The highest BCUT2D eigenvalue weighted by atomic mass is 32.2. The van der Waals surface area contributed by atoms with Gasteiger partial charge in [-0.1, -0.05) is 18.2 Å². The topological polar surface area (TPSA) is 24.9 Å². The standard InChI is InChI=1S/C14H16N2S/c1-2-4-13-12(3-1)5-6-14(16-13)15-9-11-7-8-17-10-11/h1-6,11H,7-10H2,(H,15,16). The van der Waals surface area contributed by atoms with E-state index in [2.05, 4.69) is 46.3 Å².